The minimum absolute atomic E-state index is 0.145. The summed E-state index contributed by atoms with van der Waals surface area (Å²) in [5, 5.41) is 8.64. The van der Waals surface area contributed by atoms with Crippen LogP contribution in [0.1, 0.15) is 23.8 Å². The molecule has 1 aromatic carbocycles. The van der Waals surface area contributed by atoms with Crippen LogP contribution in [-0.4, -0.2) is 28.0 Å². The van der Waals surface area contributed by atoms with E-state index in [4.69, 9.17) is 4.52 Å². The number of benzene rings is 1. The number of anilines is 1. The molecule has 0 saturated heterocycles. The lowest BCUT2D eigenvalue weighted by Gasteiger charge is -2.11. The second-order valence-corrected chi connectivity index (χ2v) is 6.95. The molecule has 1 aromatic heterocycles. The third-order valence-electron chi connectivity index (χ3n) is 3.42. The minimum Gasteiger partial charge on any atom is -0.360 e. The number of thioether (sulfide) groups is 1. The zero-order valence-corrected chi connectivity index (χ0v) is 15.1. The molecular weight excluding hydrogens is 345 g/mol. The van der Waals surface area contributed by atoms with Crippen LogP contribution in [0.2, 0.25) is 0 Å². The molecule has 1 heterocycles. The van der Waals surface area contributed by atoms with Crippen molar-refractivity contribution in [3.8, 4) is 0 Å². The number of hydrogen-bond acceptors (Lipinski definition) is 5. The van der Waals surface area contributed by atoms with Gasteiger partial charge in [0.25, 0.3) is 0 Å². The summed E-state index contributed by atoms with van der Waals surface area (Å²) in [6, 6.07) is 6.32. The molecule has 2 rings (SSSR count). The van der Waals surface area contributed by atoms with Crippen LogP contribution in [-0.2, 0) is 16.1 Å². The van der Waals surface area contributed by atoms with Crippen LogP contribution in [0.25, 0.3) is 0 Å². The van der Waals surface area contributed by atoms with Gasteiger partial charge in [-0.3, -0.25) is 9.59 Å². The maximum absolute atomic E-state index is 13.2. The molecule has 2 amide bonds. The standard InChI is InChI=1S/C17H20FN3O3S/c1-10-6-13(4-5-14(10)18)8-19-16(22)9-25-12(3)17(23)20-15-7-11(2)24-21-15/h4-7,12H,8-9H2,1-3H3,(H,19,22)(H,20,21,23)/t12-/m0/s1. The van der Waals surface area contributed by atoms with E-state index in [1.54, 1.807) is 39.0 Å². The van der Waals surface area contributed by atoms with Crippen molar-refractivity contribution in [3.05, 3.63) is 47.0 Å². The highest BCUT2D eigenvalue weighted by Gasteiger charge is 2.16. The fraction of sp³-hybridized carbons (Fsp3) is 0.353. The van der Waals surface area contributed by atoms with Crippen molar-refractivity contribution >= 4 is 29.4 Å². The van der Waals surface area contributed by atoms with E-state index in [2.05, 4.69) is 15.8 Å². The molecule has 0 unspecified atom stereocenters. The van der Waals surface area contributed by atoms with E-state index in [1.807, 2.05) is 0 Å². The van der Waals surface area contributed by atoms with E-state index in [-0.39, 0.29) is 23.4 Å². The first-order valence-electron chi connectivity index (χ1n) is 7.72. The molecule has 0 spiro atoms. The lowest BCUT2D eigenvalue weighted by atomic mass is 10.1. The van der Waals surface area contributed by atoms with Crippen molar-refractivity contribution in [2.75, 3.05) is 11.1 Å². The molecule has 0 bridgehead atoms. The van der Waals surface area contributed by atoms with Crippen LogP contribution >= 0.6 is 11.8 Å². The van der Waals surface area contributed by atoms with Crippen molar-refractivity contribution in [1.29, 1.82) is 0 Å². The molecule has 25 heavy (non-hydrogen) atoms. The summed E-state index contributed by atoms with van der Waals surface area (Å²) in [6.07, 6.45) is 0. The van der Waals surface area contributed by atoms with Gasteiger partial charge >= 0.3 is 0 Å². The largest absolute Gasteiger partial charge is 0.360 e. The Bertz CT molecular complexity index is 763. The minimum atomic E-state index is -0.421. The number of rotatable bonds is 7. The SMILES string of the molecule is Cc1cc(NC(=O)[C@H](C)SCC(=O)NCc2ccc(F)c(C)c2)no1. The number of aryl methyl sites for hydroxylation is 2. The van der Waals surface area contributed by atoms with E-state index in [0.29, 0.717) is 23.7 Å². The predicted molar refractivity (Wildman–Crippen MR) is 94.8 cm³/mol. The number of amides is 2. The molecule has 0 fully saturated rings. The molecule has 2 N–H and O–H groups in total. The van der Waals surface area contributed by atoms with Gasteiger partial charge in [0.15, 0.2) is 5.82 Å². The van der Waals surface area contributed by atoms with Crippen LogP contribution in [0, 0.1) is 19.7 Å². The Balaban J connectivity index is 1.73. The van der Waals surface area contributed by atoms with Gasteiger partial charge in [0.05, 0.1) is 11.0 Å². The number of aromatic nitrogens is 1. The fourth-order valence-electron chi connectivity index (χ4n) is 2.00. The molecule has 0 aliphatic carbocycles. The van der Waals surface area contributed by atoms with Crippen LogP contribution in [0.3, 0.4) is 0 Å². The van der Waals surface area contributed by atoms with Gasteiger partial charge in [-0.15, -0.1) is 11.8 Å². The number of hydrogen-bond donors (Lipinski definition) is 2. The maximum Gasteiger partial charge on any atom is 0.238 e. The summed E-state index contributed by atoms with van der Waals surface area (Å²) in [5.41, 5.74) is 1.36. The number of carbonyl (C=O) groups is 2. The first kappa shape index (κ1) is 19.0. The Morgan fingerprint density at radius 3 is 2.72 bits per heavy atom. The Labute approximate surface area is 149 Å². The molecule has 6 nitrogen and oxygen atoms in total. The summed E-state index contributed by atoms with van der Waals surface area (Å²) in [4.78, 5) is 23.9. The Hall–Kier alpha value is -2.35. The van der Waals surface area contributed by atoms with E-state index in [1.165, 1.54) is 17.8 Å². The van der Waals surface area contributed by atoms with Gasteiger partial charge in [0, 0.05) is 12.6 Å². The van der Waals surface area contributed by atoms with Crippen molar-refractivity contribution < 1.29 is 18.5 Å². The normalized spacial score (nSPS) is 11.8. The number of halogens is 1. The van der Waals surface area contributed by atoms with Gasteiger partial charge in [-0.2, -0.15) is 0 Å². The van der Waals surface area contributed by atoms with Crippen LogP contribution in [0.4, 0.5) is 10.2 Å². The molecule has 0 aliphatic rings. The Kier molecular flexibility index (Phi) is 6.58. The highest BCUT2D eigenvalue weighted by atomic mass is 32.2. The van der Waals surface area contributed by atoms with Gasteiger partial charge < -0.3 is 15.2 Å². The third kappa shape index (κ3) is 5.90. The van der Waals surface area contributed by atoms with Crippen molar-refractivity contribution in [2.24, 2.45) is 0 Å². The highest BCUT2D eigenvalue weighted by Crippen LogP contribution is 2.14. The van der Waals surface area contributed by atoms with Crippen LogP contribution < -0.4 is 10.6 Å². The van der Waals surface area contributed by atoms with Gasteiger partial charge in [-0.25, -0.2) is 4.39 Å². The number of nitrogens with one attached hydrogen (secondary N) is 2. The Morgan fingerprint density at radius 1 is 1.32 bits per heavy atom. The van der Waals surface area contributed by atoms with Gasteiger partial charge in [-0.1, -0.05) is 17.3 Å². The van der Waals surface area contributed by atoms with E-state index >= 15 is 0 Å². The smallest absolute Gasteiger partial charge is 0.238 e. The van der Waals surface area contributed by atoms with E-state index < -0.39 is 5.25 Å². The monoisotopic (exact) mass is 365 g/mol. The molecule has 2 aromatic rings. The van der Waals surface area contributed by atoms with E-state index in [0.717, 1.165) is 5.56 Å². The molecule has 1 atom stereocenters. The molecule has 0 radical (unpaired) electrons. The zero-order chi connectivity index (χ0) is 18.4. The molecule has 0 aliphatic heterocycles. The van der Waals surface area contributed by atoms with Gasteiger partial charge in [-0.05, 0) is 38.0 Å². The number of carbonyl (C=O) groups excluding carboxylic acids is 2. The quantitative estimate of drug-likeness (QED) is 0.788. The molecular formula is C17H20FN3O3S. The van der Waals surface area contributed by atoms with Crippen LogP contribution in [0.5, 0.6) is 0 Å². The molecule has 8 heteroatoms. The zero-order valence-electron chi connectivity index (χ0n) is 14.3. The van der Waals surface area contributed by atoms with Crippen molar-refractivity contribution in [1.82, 2.24) is 10.5 Å². The summed E-state index contributed by atoms with van der Waals surface area (Å²) in [7, 11) is 0. The predicted octanol–water partition coefficient (Wildman–Crippen LogP) is 2.81. The average Bonchev–Trinajstić information content (AvgIpc) is 2.98. The molecule has 134 valence electrons. The molecule has 0 saturated carbocycles. The topological polar surface area (TPSA) is 84.2 Å². The van der Waals surface area contributed by atoms with Gasteiger partial charge in [0.2, 0.25) is 11.8 Å². The maximum atomic E-state index is 13.2. The summed E-state index contributed by atoms with van der Waals surface area (Å²) in [5.74, 6) is 0.390. The highest BCUT2D eigenvalue weighted by molar-refractivity contribution is 8.01. The summed E-state index contributed by atoms with van der Waals surface area (Å²) >= 11 is 1.22. The van der Waals surface area contributed by atoms with Crippen molar-refractivity contribution in [2.45, 2.75) is 32.6 Å². The Morgan fingerprint density at radius 2 is 2.08 bits per heavy atom. The lowest BCUT2D eigenvalue weighted by molar-refractivity contribution is -0.118. The van der Waals surface area contributed by atoms with Crippen molar-refractivity contribution in [3.63, 3.8) is 0 Å². The number of nitrogens with zero attached hydrogens (tertiary/aromatic N) is 1. The second kappa shape index (κ2) is 8.66. The fourth-order valence-corrected chi connectivity index (χ4v) is 2.71. The second-order valence-electron chi connectivity index (χ2n) is 5.63. The average molecular weight is 365 g/mol. The van der Waals surface area contributed by atoms with E-state index in [9.17, 15) is 14.0 Å². The third-order valence-corrected chi connectivity index (χ3v) is 4.57. The first-order valence-corrected chi connectivity index (χ1v) is 8.77. The summed E-state index contributed by atoms with van der Waals surface area (Å²) in [6.45, 7) is 5.43. The lowest BCUT2D eigenvalue weighted by Crippen LogP contribution is -2.28. The van der Waals surface area contributed by atoms with Crippen LogP contribution in [0.15, 0.2) is 28.8 Å². The first-order chi connectivity index (χ1) is 11.8. The summed E-state index contributed by atoms with van der Waals surface area (Å²) < 4.78 is 18.1. The van der Waals surface area contributed by atoms with Gasteiger partial charge in [0.1, 0.15) is 11.6 Å².